The van der Waals surface area contributed by atoms with Gasteiger partial charge in [-0.15, -0.1) is 0 Å². The molecule has 0 bridgehead atoms. The zero-order chi connectivity index (χ0) is 14.7. The highest BCUT2D eigenvalue weighted by molar-refractivity contribution is 5.44. The van der Waals surface area contributed by atoms with Crippen LogP contribution in [0.1, 0.15) is 43.7 Å². The van der Waals surface area contributed by atoms with E-state index in [0.29, 0.717) is 12.6 Å². The minimum Gasteiger partial charge on any atom is -0.490 e. The summed E-state index contributed by atoms with van der Waals surface area (Å²) in [4.78, 5) is 2.45. The Hall–Kier alpha value is -1.26. The molecule has 2 aliphatic rings. The smallest absolute Gasteiger partial charge is 0.161 e. The van der Waals surface area contributed by atoms with E-state index in [9.17, 15) is 0 Å². The van der Waals surface area contributed by atoms with Gasteiger partial charge in [-0.05, 0) is 37.6 Å². The van der Waals surface area contributed by atoms with Crippen molar-refractivity contribution in [1.82, 2.24) is 4.90 Å². The second-order valence-corrected chi connectivity index (χ2v) is 6.11. The molecule has 0 saturated heterocycles. The van der Waals surface area contributed by atoms with Crippen molar-refractivity contribution in [2.75, 3.05) is 26.8 Å². The molecule has 1 saturated carbocycles. The van der Waals surface area contributed by atoms with Gasteiger partial charge in [-0.25, -0.2) is 0 Å². The molecule has 1 fully saturated rings. The maximum absolute atomic E-state index is 6.07. The van der Waals surface area contributed by atoms with Crippen molar-refractivity contribution in [3.8, 4) is 11.5 Å². The third-order valence-electron chi connectivity index (χ3n) is 4.77. The molecule has 1 aromatic carbocycles. The van der Waals surface area contributed by atoms with Gasteiger partial charge in [-0.1, -0.05) is 18.9 Å². The Kier molecular flexibility index (Phi) is 4.66. The minimum absolute atomic E-state index is 0.255. The first kappa shape index (κ1) is 14.7. The summed E-state index contributed by atoms with van der Waals surface area (Å²) in [6.45, 7) is 2.09. The Bertz CT molecular complexity index is 472. The topological polar surface area (TPSA) is 47.7 Å². The third kappa shape index (κ3) is 3.16. The molecular weight excluding hydrogens is 264 g/mol. The fraction of sp³-hybridized carbons (Fsp3) is 0.647. The largest absolute Gasteiger partial charge is 0.490 e. The summed E-state index contributed by atoms with van der Waals surface area (Å²) in [6, 6.07) is 7.20. The summed E-state index contributed by atoms with van der Waals surface area (Å²) in [7, 11) is 2.20. The van der Waals surface area contributed by atoms with Gasteiger partial charge < -0.3 is 15.2 Å². The first-order chi connectivity index (χ1) is 10.3. The van der Waals surface area contributed by atoms with Crippen LogP contribution in [0, 0.1) is 0 Å². The Morgan fingerprint density at radius 2 is 1.86 bits per heavy atom. The van der Waals surface area contributed by atoms with Gasteiger partial charge in [-0.3, -0.25) is 4.90 Å². The molecule has 0 radical (unpaired) electrons. The number of nitrogens with two attached hydrogens (primary N) is 1. The number of nitrogens with zero attached hydrogens (tertiary/aromatic N) is 1. The molecule has 116 valence electrons. The Morgan fingerprint density at radius 1 is 1.14 bits per heavy atom. The molecule has 3 rings (SSSR count). The average molecular weight is 290 g/mol. The van der Waals surface area contributed by atoms with Crippen molar-refractivity contribution < 1.29 is 9.47 Å². The highest BCUT2D eigenvalue weighted by Gasteiger charge is 2.26. The molecular formula is C17H26N2O2. The van der Waals surface area contributed by atoms with Crippen LogP contribution in [0.2, 0.25) is 0 Å². The first-order valence-electron chi connectivity index (χ1n) is 8.11. The lowest BCUT2D eigenvalue weighted by atomic mass is 10.0. The van der Waals surface area contributed by atoms with E-state index in [1.807, 2.05) is 6.07 Å². The van der Waals surface area contributed by atoms with Crippen LogP contribution in [0.5, 0.6) is 11.5 Å². The van der Waals surface area contributed by atoms with E-state index in [4.69, 9.17) is 15.2 Å². The van der Waals surface area contributed by atoms with Gasteiger partial charge in [0.15, 0.2) is 11.5 Å². The molecule has 4 nitrogen and oxygen atoms in total. The van der Waals surface area contributed by atoms with Crippen molar-refractivity contribution in [3.63, 3.8) is 0 Å². The van der Waals surface area contributed by atoms with Crippen molar-refractivity contribution in [2.24, 2.45) is 5.73 Å². The number of ether oxygens (including phenoxy) is 2. The number of likely N-dealkylation sites (N-methyl/N-ethyl adjacent to an activating group) is 1. The van der Waals surface area contributed by atoms with E-state index in [2.05, 4.69) is 24.1 Å². The van der Waals surface area contributed by atoms with E-state index in [1.165, 1.54) is 31.2 Å². The Morgan fingerprint density at radius 3 is 2.57 bits per heavy atom. The highest BCUT2D eigenvalue weighted by atomic mass is 16.5. The molecule has 1 atom stereocenters. The normalized spacial score (nSPS) is 20.5. The molecule has 1 aliphatic carbocycles. The second kappa shape index (κ2) is 6.67. The molecule has 1 aromatic rings. The highest BCUT2D eigenvalue weighted by Crippen LogP contribution is 2.35. The van der Waals surface area contributed by atoms with Gasteiger partial charge in [0.25, 0.3) is 0 Å². The fourth-order valence-corrected chi connectivity index (χ4v) is 3.49. The van der Waals surface area contributed by atoms with Crippen LogP contribution in [0.15, 0.2) is 18.2 Å². The van der Waals surface area contributed by atoms with Crippen LogP contribution in [0.4, 0.5) is 0 Å². The summed E-state index contributed by atoms with van der Waals surface area (Å²) in [6.07, 6.45) is 6.20. The molecule has 2 N–H and O–H groups in total. The number of hydrogen-bond donors (Lipinski definition) is 1. The molecule has 0 amide bonds. The van der Waals surface area contributed by atoms with Gasteiger partial charge in [0.1, 0.15) is 0 Å². The molecule has 1 unspecified atom stereocenters. The lowest BCUT2D eigenvalue weighted by Crippen LogP contribution is -2.37. The zero-order valence-electron chi connectivity index (χ0n) is 12.9. The maximum atomic E-state index is 6.07. The lowest BCUT2D eigenvalue weighted by molar-refractivity contribution is 0.179. The van der Waals surface area contributed by atoms with Crippen molar-refractivity contribution >= 4 is 0 Å². The van der Waals surface area contributed by atoms with E-state index in [1.54, 1.807) is 0 Å². The van der Waals surface area contributed by atoms with E-state index >= 15 is 0 Å². The number of fused-ring (bicyclic) bond motifs is 1. The maximum Gasteiger partial charge on any atom is 0.161 e. The van der Waals surface area contributed by atoms with E-state index in [0.717, 1.165) is 31.1 Å². The summed E-state index contributed by atoms with van der Waals surface area (Å²) in [5.41, 5.74) is 7.30. The van der Waals surface area contributed by atoms with Crippen LogP contribution in [0.25, 0.3) is 0 Å². The van der Waals surface area contributed by atoms with Crippen LogP contribution >= 0.6 is 0 Å². The van der Waals surface area contributed by atoms with E-state index < -0.39 is 0 Å². The van der Waals surface area contributed by atoms with Crippen molar-refractivity contribution in [3.05, 3.63) is 23.8 Å². The molecule has 1 aliphatic heterocycles. The van der Waals surface area contributed by atoms with Crippen LogP contribution in [0.3, 0.4) is 0 Å². The molecule has 21 heavy (non-hydrogen) atoms. The quantitative estimate of drug-likeness (QED) is 0.926. The number of benzene rings is 1. The molecule has 1 heterocycles. The summed E-state index contributed by atoms with van der Waals surface area (Å²) >= 11 is 0. The number of rotatable bonds is 4. The second-order valence-electron chi connectivity index (χ2n) is 6.11. The standard InChI is InChI=1S/C17H26N2O2/c1-19(14-5-2-3-6-14)15(12-18)13-7-8-16-17(11-13)21-10-4-9-20-16/h7-8,11,14-15H,2-6,9-10,12,18H2,1H3. The Balaban J connectivity index is 1.81. The van der Waals surface area contributed by atoms with E-state index in [-0.39, 0.29) is 6.04 Å². The lowest BCUT2D eigenvalue weighted by Gasteiger charge is -2.32. The van der Waals surface area contributed by atoms with Crippen molar-refractivity contribution in [1.29, 1.82) is 0 Å². The molecule has 4 heteroatoms. The van der Waals surface area contributed by atoms with Crippen molar-refractivity contribution in [2.45, 2.75) is 44.2 Å². The van der Waals surface area contributed by atoms with Gasteiger partial charge in [0.05, 0.1) is 13.2 Å². The minimum atomic E-state index is 0.255. The first-order valence-corrected chi connectivity index (χ1v) is 8.11. The van der Waals surface area contributed by atoms with Crippen LogP contribution < -0.4 is 15.2 Å². The predicted molar refractivity (Wildman–Crippen MR) is 83.9 cm³/mol. The SMILES string of the molecule is CN(C1CCCC1)C(CN)c1ccc2c(c1)OCCCO2. The summed E-state index contributed by atoms with van der Waals surface area (Å²) in [5, 5.41) is 0. The zero-order valence-corrected chi connectivity index (χ0v) is 12.9. The monoisotopic (exact) mass is 290 g/mol. The van der Waals surface area contributed by atoms with Gasteiger partial charge in [0, 0.05) is 25.0 Å². The number of hydrogen-bond acceptors (Lipinski definition) is 4. The van der Waals surface area contributed by atoms with Crippen LogP contribution in [-0.4, -0.2) is 37.7 Å². The molecule has 0 spiro atoms. The molecule has 0 aromatic heterocycles. The third-order valence-corrected chi connectivity index (χ3v) is 4.77. The fourth-order valence-electron chi connectivity index (χ4n) is 3.49. The summed E-state index contributed by atoms with van der Waals surface area (Å²) < 4.78 is 11.5. The van der Waals surface area contributed by atoms with Gasteiger partial charge in [0.2, 0.25) is 0 Å². The Labute approximate surface area is 127 Å². The van der Waals surface area contributed by atoms with Gasteiger partial charge in [-0.2, -0.15) is 0 Å². The van der Waals surface area contributed by atoms with Crippen LogP contribution in [-0.2, 0) is 0 Å². The predicted octanol–water partition coefficient (Wildman–Crippen LogP) is 2.72. The average Bonchev–Trinajstić information content (AvgIpc) is 2.94. The van der Waals surface area contributed by atoms with Gasteiger partial charge >= 0.3 is 0 Å². The summed E-state index contributed by atoms with van der Waals surface area (Å²) in [5.74, 6) is 1.72.